The highest BCUT2D eigenvalue weighted by Crippen LogP contribution is 2.23. The highest BCUT2D eigenvalue weighted by molar-refractivity contribution is 7.85. The molecule has 2 rings (SSSR count). The predicted molar refractivity (Wildman–Crippen MR) is 75.2 cm³/mol. The lowest BCUT2D eigenvalue weighted by molar-refractivity contribution is -0.114. The van der Waals surface area contributed by atoms with Gasteiger partial charge in [0.1, 0.15) is 5.82 Å². The first-order valence-corrected chi connectivity index (χ1v) is 7.72. The molecule has 0 unspecified atom stereocenters. The highest BCUT2D eigenvalue weighted by Gasteiger charge is 2.18. The van der Waals surface area contributed by atoms with Crippen LogP contribution in [0.3, 0.4) is 0 Å². The quantitative estimate of drug-likeness (QED) is 0.893. The van der Waals surface area contributed by atoms with Gasteiger partial charge in [-0.15, -0.1) is 0 Å². The topological polar surface area (TPSA) is 58.2 Å². The molecule has 0 aromatic heterocycles. The summed E-state index contributed by atoms with van der Waals surface area (Å²) in [6, 6.07) is 4.58. The molecule has 1 fully saturated rings. The summed E-state index contributed by atoms with van der Waals surface area (Å²) in [5.41, 5.74) is 0.944. The third-order valence-corrected chi connectivity index (χ3v) is 4.42. The molecule has 1 saturated heterocycles. The molecule has 0 aliphatic carbocycles. The van der Waals surface area contributed by atoms with Crippen molar-refractivity contribution in [3.05, 3.63) is 24.0 Å². The number of hydrogen-bond acceptors (Lipinski definition) is 3. The van der Waals surface area contributed by atoms with Crippen LogP contribution >= 0.6 is 0 Å². The third-order valence-electron chi connectivity index (χ3n) is 3.03. The van der Waals surface area contributed by atoms with Crippen LogP contribution in [-0.4, -0.2) is 27.7 Å². The first-order chi connectivity index (χ1) is 9.04. The molecule has 19 heavy (non-hydrogen) atoms. The van der Waals surface area contributed by atoms with Crippen molar-refractivity contribution in [3.63, 3.8) is 0 Å². The second kappa shape index (κ2) is 6.14. The van der Waals surface area contributed by atoms with Crippen LogP contribution in [-0.2, 0) is 15.6 Å². The first kappa shape index (κ1) is 14.0. The average Bonchev–Trinajstić information content (AvgIpc) is 2.35. The van der Waals surface area contributed by atoms with Crippen molar-refractivity contribution in [2.45, 2.75) is 25.8 Å². The Bertz CT molecular complexity index is 497. The van der Waals surface area contributed by atoms with Gasteiger partial charge in [0, 0.05) is 41.0 Å². The van der Waals surface area contributed by atoms with Crippen molar-refractivity contribution in [2.24, 2.45) is 0 Å². The standard InChI is InChI=1S/C13H17FN2O2S/c1-9(17)15-11-2-3-12(14)13(8-11)16-10-4-6-19(18)7-5-10/h2-3,8,10,16H,4-7H2,1H3,(H,15,17). The first-order valence-electron chi connectivity index (χ1n) is 6.23. The van der Waals surface area contributed by atoms with Crippen LogP contribution in [0.5, 0.6) is 0 Å². The molecule has 1 aliphatic heterocycles. The number of carbonyl (C=O) groups excluding carboxylic acids is 1. The van der Waals surface area contributed by atoms with Gasteiger partial charge in [0.05, 0.1) is 5.69 Å². The van der Waals surface area contributed by atoms with Gasteiger partial charge in [-0.2, -0.15) is 0 Å². The summed E-state index contributed by atoms with van der Waals surface area (Å²) in [7, 11) is -0.727. The van der Waals surface area contributed by atoms with Gasteiger partial charge in [0.15, 0.2) is 0 Å². The van der Waals surface area contributed by atoms with Crippen LogP contribution in [0.1, 0.15) is 19.8 Å². The number of anilines is 2. The van der Waals surface area contributed by atoms with E-state index >= 15 is 0 Å². The van der Waals surface area contributed by atoms with Gasteiger partial charge in [-0.1, -0.05) is 0 Å². The number of carbonyl (C=O) groups is 1. The molecule has 0 spiro atoms. The van der Waals surface area contributed by atoms with Crippen molar-refractivity contribution in [2.75, 3.05) is 22.1 Å². The Hall–Kier alpha value is -1.43. The molecule has 104 valence electrons. The number of halogens is 1. The zero-order chi connectivity index (χ0) is 13.8. The lowest BCUT2D eigenvalue weighted by Gasteiger charge is -2.24. The van der Waals surface area contributed by atoms with Crippen LogP contribution in [0.2, 0.25) is 0 Å². The number of hydrogen-bond donors (Lipinski definition) is 2. The molecule has 2 N–H and O–H groups in total. The summed E-state index contributed by atoms with van der Waals surface area (Å²) in [4.78, 5) is 11.0. The van der Waals surface area contributed by atoms with Gasteiger partial charge in [0.25, 0.3) is 0 Å². The SMILES string of the molecule is CC(=O)Nc1ccc(F)c(NC2CCS(=O)CC2)c1. The Morgan fingerprint density at radius 2 is 2.05 bits per heavy atom. The second-order valence-corrected chi connectivity index (χ2v) is 6.34. The van der Waals surface area contributed by atoms with Crippen LogP contribution in [0.25, 0.3) is 0 Å². The fourth-order valence-corrected chi connectivity index (χ4v) is 3.37. The Labute approximate surface area is 114 Å². The van der Waals surface area contributed by atoms with E-state index in [1.807, 2.05) is 0 Å². The molecule has 6 heteroatoms. The van der Waals surface area contributed by atoms with Gasteiger partial charge < -0.3 is 10.6 Å². The van der Waals surface area contributed by atoms with E-state index in [1.165, 1.54) is 19.1 Å². The molecule has 0 radical (unpaired) electrons. The highest BCUT2D eigenvalue weighted by atomic mass is 32.2. The number of nitrogens with one attached hydrogen (secondary N) is 2. The number of amides is 1. The molecular formula is C13H17FN2O2S. The average molecular weight is 284 g/mol. The summed E-state index contributed by atoms with van der Waals surface area (Å²) in [5, 5.41) is 5.75. The summed E-state index contributed by atoms with van der Waals surface area (Å²) >= 11 is 0. The Balaban J connectivity index is 2.06. The zero-order valence-corrected chi connectivity index (χ0v) is 11.6. The van der Waals surface area contributed by atoms with Crippen LogP contribution in [0, 0.1) is 5.82 Å². The lowest BCUT2D eigenvalue weighted by atomic mass is 10.1. The molecule has 1 aliphatic rings. The van der Waals surface area contributed by atoms with E-state index in [1.54, 1.807) is 6.07 Å². The molecule has 0 atom stereocenters. The summed E-state index contributed by atoms with van der Waals surface area (Å²) in [6.45, 7) is 1.41. The van der Waals surface area contributed by atoms with Crippen LogP contribution in [0.4, 0.5) is 15.8 Å². The molecule has 1 aromatic rings. The second-order valence-electron chi connectivity index (χ2n) is 4.64. The molecule has 0 saturated carbocycles. The largest absolute Gasteiger partial charge is 0.380 e. The smallest absolute Gasteiger partial charge is 0.221 e. The van der Waals surface area contributed by atoms with E-state index in [4.69, 9.17) is 0 Å². The van der Waals surface area contributed by atoms with Gasteiger partial charge in [0.2, 0.25) is 5.91 Å². The van der Waals surface area contributed by atoms with Crippen molar-refractivity contribution < 1.29 is 13.4 Å². The maximum absolute atomic E-state index is 13.7. The molecule has 1 amide bonds. The van der Waals surface area contributed by atoms with Crippen molar-refractivity contribution in [1.29, 1.82) is 0 Å². The molecule has 1 heterocycles. The van der Waals surface area contributed by atoms with Crippen molar-refractivity contribution in [3.8, 4) is 0 Å². The molecule has 1 aromatic carbocycles. The number of rotatable bonds is 3. The molecule has 4 nitrogen and oxygen atoms in total. The van der Waals surface area contributed by atoms with E-state index in [9.17, 15) is 13.4 Å². The summed E-state index contributed by atoms with van der Waals surface area (Å²) < 4.78 is 25.0. The Morgan fingerprint density at radius 1 is 1.37 bits per heavy atom. The van der Waals surface area contributed by atoms with Gasteiger partial charge >= 0.3 is 0 Å². The fourth-order valence-electron chi connectivity index (χ4n) is 2.07. The van der Waals surface area contributed by atoms with E-state index < -0.39 is 10.8 Å². The summed E-state index contributed by atoms with van der Waals surface area (Å²) in [6.07, 6.45) is 1.55. The maximum atomic E-state index is 13.7. The van der Waals surface area contributed by atoms with Gasteiger partial charge in [-0.3, -0.25) is 9.00 Å². The number of benzene rings is 1. The molecular weight excluding hydrogens is 267 g/mol. The van der Waals surface area contributed by atoms with Gasteiger partial charge in [-0.25, -0.2) is 4.39 Å². The molecule has 0 bridgehead atoms. The predicted octanol–water partition coefficient (Wildman–Crippen LogP) is 2.11. The van der Waals surface area contributed by atoms with E-state index in [2.05, 4.69) is 10.6 Å². The third kappa shape index (κ3) is 4.02. The minimum Gasteiger partial charge on any atom is -0.380 e. The van der Waals surface area contributed by atoms with E-state index in [0.29, 0.717) is 22.9 Å². The van der Waals surface area contributed by atoms with Crippen LogP contribution in [0.15, 0.2) is 18.2 Å². The van der Waals surface area contributed by atoms with Crippen molar-refractivity contribution >= 4 is 28.1 Å². The Kier molecular flexibility index (Phi) is 4.52. The maximum Gasteiger partial charge on any atom is 0.221 e. The monoisotopic (exact) mass is 284 g/mol. The minimum absolute atomic E-state index is 0.139. The zero-order valence-electron chi connectivity index (χ0n) is 10.7. The van der Waals surface area contributed by atoms with Crippen LogP contribution < -0.4 is 10.6 Å². The summed E-state index contributed by atoms with van der Waals surface area (Å²) in [5.74, 6) is 0.779. The van der Waals surface area contributed by atoms with Crippen molar-refractivity contribution in [1.82, 2.24) is 0 Å². The Morgan fingerprint density at radius 3 is 2.68 bits per heavy atom. The minimum atomic E-state index is -0.727. The fraction of sp³-hybridized carbons (Fsp3) is 0.462. The normalized spacial score (nSPS) is 22.8. The van der Waals surface area contributed by atoms with E-state index in [-0.39, 0.29) is 17.8 Å². The lowest BCUT2D eigenvalue weighted by Crippen LogP contribution is -2.29. The van der Waals surface area contributed by atoms with Gasteiger partial charge in [-0.05, 0) is 31.0 Å². The van der Waals surface area contributed by atoms with E-state index in [0.717, 1.165) is 12.8 Å².